The van der Waals surface area contributed by atoms with Crippen molar-refractivity contribution in [3.05, 3.63) is 0 Å². The van der Waals surface area contributed by atoms with Crippen molar-refractivity contribution >= 4 is 11.8 Å². The highest BCUT2D eigenvalue weighted by Gasteiger charge is 2.38. The summed E-state index contributed by atoms with van der Waals surface area (Å²) in [5.41, 5.74) is 0. The molecule has 108 valence electrons. The monoisotopic (exact) mass is 266 g/mol. The lowest BCUT2D eigenvalue weighted by Crippen LogP contribution is -2.40. The fourth-order valence-electron chi connectivity index (χ4n) is 3.12. The van der Waals surface area contributed by atoms with Crippen LogP contribution in [0.1, 0.15) is 58.8 Å². The summed E-state index contributed by atoms with van der Waals surface area (Å²) in [4.78, 5) is 26.2. The maximum absolute atomic E-state index is 12.1. The van der Waals surface area contributed by atoms with E-state index in [4.69, 9.17) is 0 Å². The summed E-state index contributed by atoms with van der Waals surface area (Å²) < 4.78 is 0. The molecule has 4 heteroatoms. The third-order valence-electron chi connectivity index (χ3n) is 4.55. The van der Waals surface area contributed by atoms with Crippen LogP contribution < -0.4 is 5.32 Å². The van der Waals surface area contributed by atoms with Crippen LogP contribution >= 0.6 is 0 Å². The molecular weight excluding hydrogens is 240 g/mol. The number of nitrogens with zero attached hydrogens (tertiary/aromatic N) is 1. The molecule has 1 aliphatic carbocycles. The summed E-state index contributed by atoms with van der Waals surface area (Å²) in [6.45, 7) is 4.69. The maximum atomic E-state index is 12.1. The van der Waals surface area contributed by atoms with Crippen molar-refractivity contribution in [3.8, 4) is 0 Å². The van der Waals surface area contributed by atoms with E-state index in [1.54, 1.807) is 0 Å². The van der Waals surface area contributed by atoms with Gasteiger partial charge in [-0.25, -0.2) is 0 Å². The normalized spacial score (nSPS) is 26.5. The van der Waals surface area contributed by atoms with Crippen molar-refractivity contribution in [1.29, 1.82) is 0 Å². The largest absolute Gasteiger partial charge is 0.353 e. The number of nitrogens with one attached hydrogen (secondary N) is 1. The van der Waals surface area contributed by atoms with Gasteiger partial charge in [0.25, 0.3) is 0 Å². The van der Waals surface area contributed by atoms with Gasteiger partial charge in [-0.2, -0.15) is 0 Å². The molecule has 1 aliphatic heterocycles. The third-order valence-corrected chi connectivity index (χ3v) is 4.55. The van der Waals surface area contributed by atoms with Gasteiger partial charge in [-0.1, -0.05) is 26.2 Å². The van der Waals surface area contributed by atoms with E-state index >= 15 is 0 Å². The van der Waals surface area contributed by atoms with Gasteiger partial charge in [0, 0.05) is 25.0 Å². The van der Waals surface area contributed by atoms with E-state index < -0.39 is 0 Å². The molecule has 2 amide bonds. The molecular formula is C15H26N2O2. The van der Waals surface area contributed by atoms with Crippen LogP contribution in [-0.4, -0.2) is 35.3 Å². The molecule has 0 aromatic rings. The minimum atomic E-state index is -0.136. The minimum absolute atomic E-state index is 0.0565. The van der Waals surface area contributed by atoms with Crippen LogP contribution in [0.5, 0.6) is 0 Å². The summed E-state index contributed by atoms with van der Waals surface area (Å²) in [7, 11) is 0. The molecule has 0 aromatic heterocycles. The zero-order valence-electron chi connectivity index (χ0n) is 12.2. The Bertz CT molecular complexity index is 337. The van der Waals surface area contributed by atoms with Crippen LogP contribution in [0.15, 0.2) is 0 Å². The smallest absolute Gasteiger partial charge is 0.225 e. The van der Waals surface area contributed by atoms with E-state index in [0.717, 1.165) is 19.3 Å². The first-order valence-electron chi connectivity index (χ1n) is 7.71. The number of hydrogen-bond acceptors (Lipinski definition) is 2. The molecule has 1 saturated carbocycles. The number of amides is 2. The molecule has 4 nitrogen and oxygen atoms in total. The second-order valence-corrected chi connectivity index (χ2v) is 6.06. The Hall–Kier alpha value is -1.06. The van der Waals surface area contributed by atoms with Crippen molar-refractivity contribution in [2.24, 2.45) is 5.92 Å². The maximum Gasteiger partial charge on any atom is 0.225 e. The Balaban J connectivity index is 1.89. The van der Waals surface area contributed by atoms with E-state index in [9.17, 15) is 9.59 Å². The van der Waals surface area contributed by atoms with Gasteiger partial charge in [0.2, 0.25) is 11.8 Å². The Morgan fingerprint density at radius 1 is 1.37 bits per heavy atom. The quantitative estimate of drug-likeness (QED) is 0.847. The molecule has 1 N–H and O–H groups in total. The lowest BCUT2D eigenvalue weighted by molar-refractivity contribution is -0.130. The zero-order chi connectivity index (χ0) is 13.8. The van der Waals surface area contributed by atoms with Gasteiger partial charge in [0.1, 0.15) is 0 Å². The van der Waals surface area contributed by atoms with Crippen LogP contribution in [0.25, 0.3) is 0 Å². The fourth-order valence-corrected chi connectivity index (χ4v) is 3.12. The molecule has 1 heterocycles. The standard InChI is InChI=1S/C15H26N2O2/c1-3-11(2)16-15(19)12-9-14(18)17(10-12)13-7-5-4-6-8-13/h11-13H,3-10H2,1-2H3,(H,16,19)/t11-,12-/m0/s1. The second-order valence-electron chi connectivity index (χ2n) is 6.06. The van der Waals surface area contributed by atoms with Crippen molar-refractivity contribution in [2.75, 3.05) is 6.54 Å². The Morgan fingerprint density at radius 3 is 2.68 bits per heavy atom. The molecule has 2 rings (SSSR count). The Labute approximate surface area is 115 Å². The Morgan fingerprint density at radius 2 is 2.05 bits per heavy atom. The van der Waals surface area contributed by atoms with Crippen LogP contribution in [0.2, 0.25) is 0 Å². The van der Waals surface area contributed by atoms with Crippen molar-refractivity contribution in [3.63, 3.8) is 0 Å². The molecule has 1 saturated heterocycles. The summed E-state index contributed by atoms with van der Waals surface area (Å²) in [5.74, 6) is 0.0978. The first-order valence-corrected chi connectivity index (χ1v) is 7.71. The highest BCUT2D eigenvalue weighted by atomic mass is 16.2. The average molecular weight is 266 g/mol. The van der Waals surface area contributed by atoms with Gasteiger partial charge < -0.3 is 10.2 Å². The SMILES string of the molecule is CC[C@H](C)NC(=O)[C@H]1CC(=O)N(C2CCCCC2)C1. The molecule has 0 aromatic carbocycles. The number of rotatable bonds is 4. The van der Waals surface area contributed by atoms with E-state index in [2.05, 4.69) is 12.2 Å². The summed E-state index contributed by atoms with van der Waals surface area (Å²) >= 11 is 0. The highest BCUT2D eigenvalue weighted by molar-refractivity contribution is 5.89. The topological polar surface area (TPSA) is 49.4 Å². The van der Waals surface area contributed by atoms with Crippen molar-refractivity contribution < 1.29 is 9.59 Å². The van der Waals surface area contributed by atoms with Gasteiger partial charge in [0.05, 0.1) is 5.92 Å². The molecule has 0 radical (unpaired) electrons. The van der Waals surface area contributed by atoms with E-state index in [1.807, 2.05) is 11.8 Å². The predicted molar refractivity (Wildman–Crippen MR) is 74.6 cm³/mol. The van der Waals surface area contributed by atoms with Gasteiger partial charge in [-0.15, -0.1) is 0 Å². The fraction of sp³-hybridized carbons (Fsp3) is 0.867. The van der Waals surface area contributed by atoms with Gasteiger partial charge in [-0.05, 0) is 26.2 Å². The second kappa shape index (κ2) is 6.40. The zero-order valence-corrected chi connectivity index (χ0v) is 12.2. The number of likely N-dealkylation sites (tertiary alicyclic amines) is 1. The summed E-state index contributed by atoms with van der Waals surface area (Å²) in [6.07, 6.45) is 7.29. The van der Waals surface area contributed by atoms with Crippen molar-refractivity contribution in [1.82, 2.24) is 10.2 Å². The van der Waals surface area contributed by atoms with Gasteiger partial charge >= 0.3 is 0 Å². The molecule has 2 fully saturated rings. The molecule has 2 atom stereocenters. The lowest BCUT2D eigenvalue weighted by Gasteiger charge is -2.31. The van der Waals surface area contributed by atoms with E-state index in [1.165, 1.54) is 19.3 Å². The molecule has 19 heavy (non-hydrogen) atoms. The van der Waals surface area contributed by atoms with Gasteiger partial charge in [-0.3, -0.25) is 9.59 Å². The number of hydrogen-bond donors (Lipinski definition) is 1. The lowest BCUT2D eigenvalue weighted by atomic mass is 9.94. The van der Waals surface area contributed by atoms with Crippen molar-refractivity contribution in [2.45, 2.75) is 70.9 Å². The average Bonchev–Trinajstić information content (AvgIpc) is 2.82. The van der Waals surface area contributed by atoms with Crippen LogP contribution in [-0.2, 0) is 9.59 Å². The number of carbonyl (C=O) groups is 2. The van der Waals surface area contributed by atoms with Crippen LogP contribution in [0.3, 0.4) is 0 Å². The Kier molecular flexibility index (Phi) is 4.83. The molecule has 0 bridgehead atoms. The molecule has 0 spiro atoms. The first kappa shape index (κ1) is 14.4. The summed E-state index contributed by atoms with van der Waals surface area (Å²) in [6, 6.07) is 0.592. The molecule has 2 aliphatic rings. The van der Waals surface area contributed by atoms with Crippen LogP contribution in [0, 0.1) is 5.92 Å². The van der Waals surface area contributed by atoms with Crippen LogP contribution in [0.4, 0.5) is 0 Å². The molecule has 0 unspecified atom stereocenters. The minimum Gasteiger partial charge on any atom is -0.353 e. The third kappa shape index (κ3) is 3.48. The first-order chi connectivity index (χ1) is 9.11. The number of carbonyl (C=O) groups excluding carboxylic acids is 2. The highest BCUT2D eigenvalue weighted by Crippen LogP contribution is 2.28. The summed E-state index contributed by atoms with van der Waals surface area (Å²) in [5, 5.41) is 3.00. The van der Waals surface area contributed by atoms with E-state index in [-0.39, 0.29) is 23.8 Å². The van der Waals surface area contributed by atoms with E-state index in [0.29, 0.717) is 19.0 Å². The van der Waals surface area contributed by atoms with Gasteiger partial charge in [0.15, 0.2) is 0 Å². The predicted octanol–water partition coefficient (Wildman–Crippen LogP) is 2.08.